The molecule has 1 aromatic carbocycles. The van der Waals surface area contributed by atoms with E-state index in [1.165, 1.54) is 0 Å². The number of nitrogens with one attached hydrogen (secondary N) is 1. The molecule has 0 saturated heterocycles. The molecule has 0 fully saturated rings. The van der Waals surface area contributed by atoms with E-state index in [0.717, 1.165) is 21.3 Å². The Balaban J connectivity index is 2.41. The minimum Gasteiger partial charge on any atom is -0.364 e. The van der Waals surface area contributed by atoms with Gasteiger partial charge in [0, 0.05) is 26.4 Å². The topological polar surface area (TPSA) is 58.9 Å². The van der Waals surface area contributed by atoms with Gasteiger partial charge >= 0.3 is 0 Å². The zero-order valence-electron chi connectivity index (χ0n) is 9.24. The van der Waals surface area contributed by atoms with Crippen molar-refractivity contribution in [2.24, 2.45) is 5.73 Å². The first-order valence-corrected chi connectivity index (χ1v) is 6.57. The second kappa shape index (κ2) is 4.15. The number of amides is 1. The molecule has 90 valence electrons. The number of carbonyl (C=O) groups is 1. The maximum absolute atomic E-state index is 11.5. The minimum absolute atomic E-state index is 0.426. The van der Waals surface area contributed by atoms with Gasteiger partial charge in [-0.2, -0.15) is 0 Å². The van der Waals surface area contributed by atoms with Gasteiger partial charge in [-0.15, -0.1) is 11.3 Å². The van der Waals surface area contributed by atoms with Crippen molar-refractivity contribution in [1.29, 1.82) is 0 Å². The number of carbonyl (C=O) groups excluding carboxylic acids is 1. The highest BCUT2D eigenvalue weighted by atomic mass is 35.5. The lowest BCUT2D eigenvalue weighted by molar-refractivity contribution is 0.0997. The van der Waals surface area contributed by atoms with Gasteiger partial charge in [-0.25, -0.2) is 0 Å². The molecular weight excluding hydrogens is 268 g/mol. The Labute approximate surface area is 112 Å². The van der Waals surface area contributed by atoms with E-state index in [0.29, 0.717) is 10.7 Å². The summed E-state index contributed by atoms with van der Waals surface area (Å²) in [6, 6.07) is 9.37. The Morgan fingerprint density at radius 3 is 2.83 bits per heavy atom. The van der Waals surface area contributed by atoms with E-state index in [-0.39, 0.29) is 0 Å². The molecule has 2 aromatic heterocycles. The van der Waals surface area contributed by atoms with E-state index in [4.69, 9.17) is 17.3 Å². The first kappa shape index (κ1) is 11.3. The molecule has 0 aliphatic carbocycles. The predicted molar refractivity (Wildman–Crippen MR) is 75.1 cm³/mol. The summed E-state index contributed by atoms with van der Waals surface area (Å²) in [5.74, 6) is -0.467. The van der Waals surface area contributed by atoms with Crippen LogP contribution in [0.5, 0.6) is 0 Å². The maximum atomic E-state index is 11.5. The Bertz CT molecular complexity index is 731. The lowest BCUT2D eigenvalue weighted by Gasteiger charge is -1.98. The second-order valence-electron chi connectivity index (χ2n) is 3.91. The van der Waals surface area contributed by atoms with Crippen LogP contribution in [0, 0.1) is 0 Å². The Morgan fingerprint density at radius 2 is 2.17 bits per heavy atom. The van der Waals surface area contributed by atoms with Gasteiger partial charge in [-0.3, -0.25) is 4.79 Å². The van der Waals surface area contributed by atoms with Crippen molar-refractivity contribution in [1.82, 2.24) is 4.98 Å². The van der Waals surface area contributed by atoms with Gasteiger partial charge < -0.3 is 10.7 Å². The molecule has 0 bridgehead atoms. The van der Waals surface area contributed by atoms with E-state index < -0.39 is 5.91 Å². The highest BCUT2D eigenvalue weighted by molar-refractivity contribution is 7.13. The Morgan fingerprint density at radius 1 is 1.33 bits per heavy atom. The van der Waals surface area contributed by atoms with Gasteiger partial charge in [0.1, 0.15) is 5.69 Å². The number of nitrogens with two attached hydrogens (primary N) is 1. The molecule has 0 radical (unpaired) electrons. The fourth-order valence-electron chi connectivity index (χ4n) is 2.03. The van der Waals surface area contributed by atoms with Gasteiger partial charge in [-0.1, -0.05) is 17.7 Å². The number of aromatic nitrogens is 1. The molecule has 0 aliphatic heterocycles. The van der Waals surface area contributed by atoms with Crippen LogP contribution in [0.4, 0.5) is 0 Å². The SMILES string of the molecule is NC(=O)c1[nH]c2ccc(Cl)cc2c1-c1cccs1. The number of thiophene rings is 1. The van der Waals surface area contributed by atoms with Crippen LogP contribution in [0.1, 0.15) is 10.5 Å². The van der Waals surface area contributed by atoms with Crippen molar-refractivity contribution in [2.75, 3.05) is 0 Å². The molecule has 0 aliphatic rings. The largest absolute Gasteiger partial charge is 0.364 e. The van der Waals surface area contributed by atoms with Crippen LogP contribution in [0.2, 0.25) is 5.02 Å². The molecule has 0 spiro atoms. The number of primary amides is 1. The number of benzene rings is 1. The van der Waals surface area contributed by atoms with E-state index in [9.17, 15) is 4.79 Å². The van der Waals surface area contributed by atoms with Crippen LogP contribution >= 0.6 is 22.9 Å². The number of rotatable bonds is 2. The molecular formula is C13H9ClN2OS. The summed E-state index contributed by atoms with van der Waals surface area (Å²) in [7, 11) is 0. The normalized spacial score (nSPS) is 10.9. The summed E-state index contributed by atoms with van der Waals surface area (Å²) in [5.41, 5.74) is 7.54. The number of H-pyrrole nitrogens is 1. The molecule has 3 rings (SSSR count). The van der Waals surface area contributed by atoms with Crippen LogP contribution < -0.4 is 5.73 Å². The quantitative estimate of drug-likeness (QED) is 0.737. The minimum atomic E-state index is -0.467. The molecule has 0 unspecified atom stereocenters. The van der Waals surface area contributed by atoms with Crippen molar-refractivity contribution in [2.45, 2.75) is 0 Å². The average molecular weight is 277 g/mol. The standard InChI is InChI=1S/C13H9ClN2OS/c14-7-3-4-9-8(6-7)11(10-2-1-5-18-10)12(16-9)13(15)17/h1-6,16H,(H2,15,17). The lowest BCUT2D eigenvalue weighted by Crippen LogP contribution is -2.12. The van der Waals surface area contributed by atoms with E-state index in [1.807, 2.05) is 29.6 Å². The average Bonchev–Trinajstić information content (AvgIpc) is 2.93. The van der Waals surface area contributed by atoms with Crippen LogP contribution in [0.25, 0.3) is 21.3 Å². The van der Waals surface area contributed by atoms with Gasteiger partial charge in [0.05, 0.1) is 0 Å². The van der Waals surface area contributed by atoms with Crippen LogP contribution in [-0.2, 0) is 0 Å². The van der Waals surface area contributed by atoms with Crippen molar-refractivity contribution in [3.8, 4) is 10.4 Å². The highest BCUT2D eigenvalue weighted by Gasteiger charge is 2.17. The van der Waals surface area contributed by atoms with Crippen molar-refractivity contribution >= 4 is 39.7 Å². The summed E-state index contributed by atoms with van der Waals surface area (Å²) in [6.45, 7) is 0. The third-order valence-corrected chi connectivity index (χ3v) is 3.90. The Kier molecular flexibility index (Phi) is 2.61. The fourth-order valence-corrected chi connectivity index (χ4v) is 2.99. The molecule has 18 heavy (non-hydrogen) atoms. The maximum Gasteiger partial charge on any atom is 0.265 e. The fraction of sp³-hybridized carbons (Fsp3) is 0. The molecule has 1 amide bonds. The summed E-state index contributed by atoms with van der Waals surface area (Å²) < 4.78 is 0. The summed E-state index contributed by atoms with van der Waals surface area (Å²) in [4.78, 5) is 15.6. The Hall–Kier alpha value is -1.78. The molecule has 3 N–H and O–H groups in total. The molecule has 5 heteroatoms. The third-order valence-electron chi connectivity index (χ3n) is 2.77. The molecule has 3 nitrogen and oxygen atoms in total. The van der Waals surface area contributed by atoms with E-state index >= 15 is 0 Å². The predicted octanol–water partition coefficient (Wildman–Crippen LogP) is 3.65. The van der Waals surface area contributed by atoms with Crippen molar-refractivity contribution in [3.05, 3.63) is 46.4 Å². The van der Waals surface area contributed by atoms with Crippen molar-refractivity contribution < 1.29 is 4.79 Å². The number of halogens is 1. The van der Waals surface area contributed by atoms with Gasteiger partial charge in [0.15, 0.2) is 0 Å². The molecule has 0 saturated carbocycles. The molecule has 3 aromatic rings. The lowest BCUT2D eigenvalue weighted by atomic mass is 10.1. The van der Waals surface area contributed by atoms with Crippen LogP contribution in [0.3, 0.4) is 0 Å². The second-order valence-corrected chi connectivity index (χ2v) is 5.29. The number of hydrogen-bond donors (Lipinski definition) is 2. The smallest absolute Gasteiger partial charge is 0.265 e. The molecule has 0 atom stereocenters. The third kappa shape index (κ3) is 1.70. The van der Waals surface area contributed by atoms with Gasteiger partial charge in [-0.05, 0) is 29.6 Å². The van der Waals surface area contributed by atoms with E-state index in [1.54, 1.807) is 17.4 Å². The zero-order valence-corrected chi connectivity index (χ0v) is 10.8. The summed E-state index contributed by atoms with van der Waals surface area (Å²) in [6.07, 6.45) is 0. The first-order chi connectivity index (χ1) is 8.66. The summed E-state index contributed by atoms with van der Waals surface area (Å²) in [5, 5.41) is 3.51. The van der Waals surface area contributed by atoms with Crippen LogP contribution in [-0.4, -0.2) is 10.9 Å². The number of hydrogen-bond acceptors (Lipinski definition) is 2. The number of aromatic amines is 1. The summed E-state index contributed by atoms with van der Waals surface area (Å²) >= 11 is 7.58. The number of fused-ring (bicyclic) bond motifs is 1. The van der Waals surface area contributed by atoms with Gasteiger partial charge in [0.25, 0.3) is 5.91 Å². The molecule has 2 heterocycles. The van der Waals surface area contributed by atoms with Gasteiger partial charge in [0.2, 0.25) is 0 Å². The monoisotopic (exact) mass is 276 g/mol. The highest BCUT2D eigenvalue weighted by Crippen LogP contribution is 2.36. The van der Waals surface area contributed by atoms with Crippen molar-refractivity contribution in [3.63, 3.8) is 0 Å². The van der Waals surface area contributed by atoms with Crippen LogP contribution in [0.15, 0.2) is 35.7 Å². The zero-order chi connectivity index (χ0) is 12.7. The first-order valence-electron chi connectivity index (χ1n) is 5.31. The van der Waals surface area contributed by atoms with E-state index in [2.05, 4.69) is 4.98 Å².